The molecule has 0 amide bonds. The summed E-state index contributed by atoms with van der Waals surface area (Å²) in [6, 6.07) is 22.2. The molecule has 2 nitrogen and oxygen atoms in total. The molecule has 6 rings (SSSR count). The minimum atomic E-state index is 1.14. The SMILES string of the molecule is c1cc(-c2cccc(-c3nccc4c3CCCC4)c2)cc(-c2nccc3c2CCCC3)c1. The van der Waals surface area contributed by atoms with Crippen LogP contribution in [-0.2, 0) is 25.7 Å². The number of fused-ring (bicyclic) bond motifs is 2. The van der Waals surface area contributed by atoms with Gasteiger partial charge in [-0.15, -0.1) is 0 Å². The quantitative estimate of drug-likeness (QED) is 0.352. The van der Waals surface area contributed by atoms with E-state index in [0.717, 1.165) is 12.8 Å². The van der Waals surface area contributed by atoms with Crippen LogP contribution in [0.1, 0.15) is 47.9 Å². The molecule has 4 aromatic rings. The van der Waals surface area contributed by atoms with E-state index >= 15 is 0 Å². The molecule has 158 valence electrons. The van der Waals surface area contributed by atoms with Gasteiger partial charge in [-0.25, -0.2) is 0 Å². The van der Waals surface area contributed by atoms with Crippen molar-refractivity contribution in [3.8, 4) is 33.6 Å². The fourth-order valence-corrected chi connectivity index (χ4v) is 5.52. The molecule has 0 unspecified atom stereocenters. The van der Waals surface area contributed by atoms with Crippen molar-refractivity contribution in [2.24, 2.45) is 0 Å². The zero-order valence-electron chi connectivity index (χ0n) is 18.5. The van der Waals surface area contributed by atoms with Crippen LogP contribution in [0.3, 0.4) is 0 Å². The highest BCUT2D eigenvalue weighted by atomic mass is 14.7. The molecule has 0 saturated heterocycles. The first-order valence-electron chi connectivity index (χ1n) is 12.0. The van der Waals surface area contributed by atoms with Crippen LogP contribution in [-0.4, -0.2) is 9.97 Å². The number of hydrogen-bond donors (Lipinski definition) is 0. The van der Waals surface area contributed by atoms with Crippen LogP contribution in [0.5, 0.6) is 0 Å². The van der Waals surface area contributed by atoms with Crippen LogP contribution in [0.2, 0.25) is 0 Å². The van der Waals surface area contributed by atoms with E-state index < -0.39 is 0 Å². The minimum absolute atomic E-state index is 1.14. The van der Waals surface area contributed by atoms with Crippen LogP contribution in [0, 0.1) is 0 Å². The average Bonchev–Trinajstić information content (AvgIpc) is 2.88. The lowest BCUT2D eigenvalue weighted by Gasteiger charge is -2.19. The molecule has 2 heterocycles. The summed E-state index contributed by atoms with van der Waals surface area (Å²) in [6.45, 7) is 0. The highest BCUT2D eigenvalue weighted by Crippen LogP contribution is 2.34. The van der Waals surface area contributed by atoms with E-state index in [1.165, 1.54) is 94.4 Å². The van der Waals surface area contributed by atoms with Gasteiger partial charge in [0.25, 0.3) is 0 Å². The third kappa shape index (κ3) is 3.54. The standard InChI is InChI=1S/C30H28N2/c1-3-13-27-21(7-1)15-17-31-29(27)25-11-5-9-23(19-25)24-10-6-12-26(20-24)30-28-14-4-2-8-22(28)16-18-32-30/h5-6,9-12,15-20H,1-4,7-8,13-14H2. The Balaban J connectivity index is 1.40. The monoisotopic (exact) mass is 416 g/mol. The van der Waals surface area contributed by atoms with Crippen molar-refractivity contribution in [3.63, 3.8) is 0 Å². The molecule has 0 fully saturated rings. The van der Waals surface area contributed by atoms with Gasteiger partial charge >= 0.3 is 0 Å². The second-order valence-electron chi connectivity index (χ2n) is 9.17. The van der Waals surface area contributed by atoms with Crippen LogP contribution in [0.15, 0.2) is 73.1 Å². The van der Waals surface area contributed by atoms with E-state index in [2.05, 4.69) is 60.7 Å². The highest BCUT2D eigenvalue weighted by molar-refractivity contribution is 5.77. The summed E-state index contributed by atoms with van der Waals surface area (Å²) in [5, 5.41) is 0. The Kier molecular flexibility index (Phi) is 5.07. The molecule has 0 N–H and O–H groups in total. The zero-order chi connectivity index (χ0) is 21.3. The summed E-state index contributed by atoms with van der Waals surface area (Å²) in [6.07, 6.45) is 13.7. The van der Waals surface area contributed by atoms with Gasteiger partial charge in [0.1, 0.15) is 0 Å². The van der Waals surface area contributed by atoms with E-state index in [1.54, 1.807) is 0 Å². The molecule has 0 saturated carbocycles. The van der Waals surface area contributed by atoms with Crippen LogP contribution in [0.25, 0.3) is 33.6 Å². The first kappa shape index (κ1) is 19.4. The van der Waals surface area contributed by atoms with Gasteiger partial charge in [0.15, 0.2) is 0 Å². The van der Waals surface area contributed by atoms with Crippen LogP contribution >= 0.6 is 0 Å². The van der Waals surface area contributed by atoms with Gasteiger partial charge in [-0.05, 0) is 109 Å². The van der Waals surface area contributed by atoms with Crippen molar-refractivity contribution in [1.82, 2.24) is 9.97 Å². The fourth-order valence-electron chi connectivity index (χ4n) is 5.52. The number of aromatic nitrogens is 2. The summed E-state index contributed by atoms with van der Waals surface area (Å²) >= 11 is 0. The predicted molar refractivity (Wildman–Crippen MR) is 132 cm³/mol. The Bertz CT molecular complexity index is 1190. The third-order valence-electron chi connectivity index (χ3n) is 7.16. The Morgan fingerprint density at radius 3 is 1.41 bits per heavy atom. The van der Waals surface area contributed by atoms with Gasteiger partial charge < -0.3 is 0 Å². The molecule has 0 aliphatic heterocycles. The van der Waals surface area contributed by atoms with Gasteiger partial charge in [0.2, 0.25) is 0 Å². The third-order valence-corrected chi connectivity index (χ3v) is 7.16. The zero-order valence-corrected chi connectivity index (χ0v) is 18.5. The molecule has 0 radical (unpaired) electrons. The van der Waals surface area contributed by atoms with E-state index in [-0.39, 0.29) is 0 Å². The van der Waals surface area contributed by atoms with Crippen molar-refractivity contribution in [1.29, 1.82) is 0 Å². The maximum Gasteiger partial charge on any atom is 0.0736 e. The maximum absolute atomic E-state index is 4.80. The Hall–Kier alpha value is -3.26. The molecule has 2 aromatic carbocycles. The second-order valence-corrected chi connectivity index (χ2v) is 9.17. The molecular weight excluding hydrogens is 388 g/mol. The normalized spacial score (nSPS) is 15.1. The van der Waals surface area contributed by atoms with E-state index in [4.69, 9.17) is 9.97 Å². The number of hydrogen-bond acceptors (Lipinski definition) is 2. The lowest BCUT2D eigenvalue weighted by Crippen LogP contribution is -2.06. The Morgan fingerprint density at radius 2 is 0.906 bits per heavy atom. The smallest absolute Gasteiger partial charge is 0.0736 e. The van der Waals surface area contributed by atoms with Crippen molar-refractivity contribution < 1.29 is 0 Å². The van der Waals surface area contributed by atoms with Crippen LogP contribution < -0.4 is 0 Å². The molecule has 0 atom stereocenters. The summed E-state index contributed by atoms with van der Waals surface area (Å²) in [5.74, 6) is 0. The lowest BCUT2D eigenvalue weighted by molar-refractivity contribution is 0.684. The average molecular weight is 417 g/mol. The molecule has 0 spiro atoms. The summed E-state index contributed by atoms with van der Waals surface area (Å²) < 4.78 is 0. The van der Waals surface area contributed by atoms with Gasteiger partial charge in [-0.3, -0.25) is 9.97 Å². The fraction of sp³-hybridized carbons (Fsp3) is 0.267. The second kappa shape index (κ2) is 8.35. The predicted octanol–water partition coefficient (Wildman–Crippen LogP) is 7.24. The van der Waals surface area contributed by atoms with Crippen molar-refractivity contribution in [2.75, 3.05) is 0 Å². The minimum Gasteiger partial charge on any atom is -0.256 e. The number of benzene rings is 2. The highest BCUT2D eigenvalue weighted by Gasteiger charge is 2.17. The first-order valence-corrected chi connectivity index (χ1v) is 12.0. The number of nitrogens with zero attached hydrogens (tertiary/aromatic N) is 2. The topological polar surface area (TPSA) is 25.8 Å². The number of aryl methyl sites for hydroxylation is 2. The van der Waals surface area contributed by atoms with Crippen molar-refractivity contribution in [2.45, 2.75) is 51.4 Å². The lowest BCUT2D eigenvalue weighted by atomic mass is 9.88. The first-order chi connectivity index (χ1) is 15.9. The van der Waals surface area contributed by atoms with E-state index in [9.17, 15) is 0 Å². The van der Waals surface area contributed by atoms with E-state index in [1.807, 2.05) is 12.4 Å². The molecule has 2 heteroatoms. The van der Waals surface area contributed by atoms with Crippen LogP contribution in [0.4, 0.5) is 0 Å². The molecule has 2 aromatic heterocycles. The molecular formula is C30H28N2. The van der Waals surface area contributed by atoms with Gasteiger partial charge in [0.05, 0.1) is 11.4 Å². The van der Waals surface area contributed by atoms with Gasteiger partial charge in [0, 0.05) is 23.5 Å². The maximum atomic E-state index is 4.80. The van der Waals surface area contributed by atoms with Crippen molar-refractivity contribution in [3.05, 3.63) is 95.3 Å². The van der Waals surface area contributed by atoms with E-state index in [0.29, 0.717) is 0 Å². The molecule has 32 heavy (non-hydrogen) atoms. The molecule has 0 bridgehead atoms. The Labute approximate surface area is 190 Å². The summed E-state index contributed by atoms with van der Waals surface area (Å²) in [4.78, 5) is 9.60. The summed E-state index contributed by atoms with van der Waals surface area (Å²) in [5.41, 5.74) is 13.1. The molecule has 2 aliphatic carbocycles. The van der Waals surface area contributed by atoms with Gasteiger partial charge in [-0.1, -0.05) is 36.4 Å². The number of rotatable bonds is 3. The van der Waals surface area contributed by atoms with Gasteiger partial charge in [-0.2, -0.15) is 0 Å². The summed E-state index contributed by atoms with van der Waals surface area (Å²) in [7, 11) is 0. The Morgan fingerprint density at radius 1 is 0.469 bits per heavy atom. The number of pyridine rings is 2. The largest absolute Gasteiger partial charge is 0.256 e. The van der Waals surface area contributed by atoms with Crippen molar-refractivity contribution >= 4 is 0 Å². The molecule has 2 aliphatic rings.